The van der Waals surface area contributed by atoms with Gasteiger partial charge in [-0.1, -0.05) is 32.4 Å². The smallest absolute Gasteiger partial charge is 0.359 e. The highest BCUT2D eigenvalue weighted by atomic mass is 79.9. The quantitative estimate of drug-likeness (QED) is 0.736. The third-order valence-corrected chi connectivity index (χ3v) is 3.99. The number of carbonyl (C=O) groups excluding carboxylic acids is 1. The van der Waals surface area contributed by atoms with Gasteiger partial charge in [-0.25, -0.2) is 9.48 Å². The molecule has 4 nitrogen and oxygen atoms in total. The van der Waals surface area contributed by atoms with Crippen molar-refractivity contribution in [1.29, 1.82) is 0 Å². The maximum absolute atomic E-state index is 11.9. The van der Waals surface area contributed by atoms with Crippen molar-refractivity contribution in [2.45, 2.75) is 26.2 Å². The molecule has 0 N–H and O–H groups in total. The standard InChI is InChI=1S/C15H16BrClN2O2/c1-15(2,3)13-11(16)12(14(20)21-4)18-19(13)10-7-5-9(17)6-8-10/h5-8H,1-4H3. The normalized spacial score (nSPS) is 11.5. The fourth-order valence-electron chi connectivity index (χ4n) is 2.04. The van der Waals surface area contributed by atoms with Crippen molar-refractivity contribution in [2.75, 3.05) is 7.11 Å². The lowest BCUT2D eigenvalue weighted by molar-refractivity contribution is 0.0592. The fourth-order valence-corrected chi connectivity index (χ4v) is 3.17. The van der Waals surface area contributed by atoms with Gasteiger partial charge in [0, 0.05) is 10.4 Å². The second-order valence-corrected chi connectivity index (χ2v) is 6.87. The van der Waals surface area contributed by atoms with Crippen LogP contribution in [0.25, 0.3) is 5.69 Å². The van der Waals surface area contributed by atoms with Crippen molar-refractivity contribution in [1.82, 2.24) is 9.78 Å². The van der Waals surface area contributed by atoms with Gasteiger partial charge in [0.05, 0.1) is 23.0 Å². The Morgan fingerprint density at radius 2 is 1.86 bits per heavy atom. The first-order chi connectivity index (χ1) is 9.75. The molecule has 1 heterocycles. The molecule has 0 aliphatic heterocycles. The van der Waals surface area contributed by atoms with E-state index in [1.807, 2.05) is 12.1 Å². The minimum Gasteiger partial charge on any atom is -0.464 e. The Hall–Kier alpha value is -1.33. The number of rotatable bonds is 2. The maximum atomic E-state index is 11.9. The lowest BCUT2D eigenvalue weighted by atomic mass is 9.91. The number of hydrogen-bond acceptors (Lipinski definition) is 3. The van der Waals surface area contributed by atoms with E-state index in [1.54, 1.807) is 16.8 Å². The van der Waals surface area contributed by atoms with Crippen LogP contribution in [-0.2, 0) is 10.2 Å². The molecule has 2 rings (SSSR count). The molecule has 0 radical (unpaired) electrons. The van der Waals surface area contributed by atoms with Crippen LogP contribution in [0.5, 0.6) is 0 Å². The number of esters is 1. The minimum atomic E-state index is -0.472. The molecule has 0 fully saturated rings. The Bertz CT molecular complexity index is 672. The SMILES string of the molecule is COC(=O)c1nn(-c2ccc(Cl)cc2)c(C(C)(C)C)c1Br. The first-order valence-corrected chi connectivity index (χ1v) is 7.56. The molecular formula is C15H16BrClN2O2. The second-order valence-electron chi connectivity index (χ2n) is 5.64. The van der Waals surface area contributed by atoms with E-state index in [0.29, 0.717) is 9.50 Å². The highest BCUT2D eigenvalue weighted by molar-refractivity contribution is 9.10. The van der Waals surface area contributed by atoms with Crippen molar-refractivity contribution >= 4 is 33.5 Å². The number of hydrogen-bond donors (Lipinski definition) is 0. The molecule has 0 aliphatic rings. The highest BCUT2D eigenvalue weighted by Gasteiger charge is 2.29. The Labute approximate surface area is 137 Å². The molecule has 2 aromatic rings. The topological polar surface area (TPSA) is 44.1 Å². The highest BCUT2D eigenvalue weighted by Crippen LogP contribution is 2.34. The molecule has 0 spiro atoms. The van der Waals surface area contributed by atoms with Crippen LogP contribution in [0.1, 0.15) is 37.0 Å². The van der Waals surface area contributed by atoms with Gasteiger partial charge in [0.1, 0.15) is 0 Å². The molecule has 0 saturated heterocycles. The summed E-state index contributed by atoms with van der Waals surface area (Å²) >= 11 is 9.41. The third kappa shape index (κ3) is 3.14. The summed E-state index contributed by atoms with van der Waals surface area (Å²) in [6.07, 6.45) is 0. The van der Waals surface area contributed by atoms with Gasteiger partial charge in [-0.3, -0.25) is 0 Å². The summed E-state index contributed by atoms with van der Waals surface area (Å²) in [7, 11) is 1.34. The predicted molar refractivity (Wildman–Crippen MR) is 86.3 cm³/mol. The summed E-state index contributed by atoms with van der Waals surface area (Å²) < 4.78 is 7.18. The van der Waals surface area contributed by atoms with E-state index in [9.17, 15) is 4.79 Å². The zero-order valence-corrected chi connectivity index (χ0v) is 14.6. The average Bonchev–Trinajstić information content (AvgIpc) is 2.76. The van der Waals surface area contributed by atoms with E-state index < -0.39 is 5.97 Å². The monoisotopic (exact) mass is 370 g/mol. The van der Waals surface area contributed by atoms with Crippen molar-refractivity contribution in [3.8, 4) is 5.69 Å². The van der Waals surface area contributed by atoms with Gasteiger partial charge in [0.15, 0.2) is 5.69 Å². The maximum Gasteiger partial charge on any atom is 0.359 e. The number of ether oxygens (including phenoxy) is 1. The molecule has 0 atom stereocenters. The van der Waals surface area contributed by atoms with Crippen LogP contribution in [0.4, 0.5) is 0 Å². The van der Waals surface area contributed by atoms with Crippen LogP contribution in [0.2, 0.25) is 5.02 Å². The molecule has 1 aromatic carbocycles. The van der Waals surface area contributed by atoms with Crippen molar-refractivity contribution in [2.24, 2.45) is 0 Å². The van der Waals surface area contributed by atoms with Gasteiger partial charge >= 0.3 is 5.97 Å². The van der Waals surface area contributed by atoms with Crippen molar-refractivity contribution in [3.05, 3.63) is 45.1 Å². The first-order valence-electron chi connectivity index (χ1n) is 6.39. The Morgan fingerprint density at radius 1 is 1.29 bits per heavy atom. The van der Waals surface area contributed by atoms with E-state index in [4.69, 9.17) is 16.3 Å². The third-order valence-electron chi connectivity index (χ3n) is 2.99. The fraction of sp³-hybridized carbons (Fsp3) is 0.333. The molecule has 21 heavy (non-hydrogen) atoms. The number of halogens is 2. The summed E-state index contributed by atoms with van der Waals surface area (Å²) in [6.45, 7) is 6.17. The zero-order chi connectivity index (χ0) is 15.8. The first kappa shape index (κ1) is 16.0. The van der Waals surface area contributed by atoms with E-state index >= 15 is 0 Å². The van der Waals surface area contributed by atoms with E-state index in [1.165, 1.54) is 7.11 Å². The molecule has 0 bridgehead atoms. The zero-order valence-electron chi connectivity index (χ0n) is 12.3. The number of nitrogens with zero attached hydrogens (tertiary/aromatic N) is 2. The van der Waals surface area contributed by atoms with Crippen molar-refractivity contribution < 1.29 is 9.53 Å². The Kier molecular flexibility index (Phi) is 4.44. The molecule has 1 aromatic heterocycles. The molecule has 0 amide bonds. The summed E-state index contributed by atoms with van der Waals surface area (Å²) in [6, 6.07) is 7.30. The molecule has 6 heteroatoms. The number of carbonyl (C=O) groups is 1. The molecule has 0 unspecified atom stereocenters. The van der Waals surface area contributed by atoms with E-state index in [-0.39, 0.29) is 11.1 Å². The van der Waals surface area contributed by atoms with Crippen LogP contribution in [0.3, 0.4) is 0 Å². The lowest BCUT2D eigenvalue weighted by Gasteiger charge is -2.21. The Balaban J connectivity index is 2.69. The minimum absolute atomic E-state index is 0.211. The van der Waals surface area contributed by atoms with Gasteiger partial charge in [-0.2, -0.15) is 5.10 Å². The predicted octanol–water partition coefficient (Wildman–Crippen LogP) is 4.37. The lowest BCUT2D eigenvalue weighted by Crippen LogP contribution is -2.18. The number of aromatic nitrogens is 2. The summed E-state index contributed by atoms with van der Waals surface area (Å²) in [5, 5.41) is 5.05. The largest absolute Gasteiger partial charge is 0.464 e. The Morgan fingerprint density at radius 3 is 2.33 bits per heavy atom. The second kappa shape index (κ2) is 5.81. The summed E-state index contributed by atoms with van der Waals surface area (Å²) in [5.41, 5.74) is 1.78. The van der Waals surface area contributed by atoms with E-state index in [2.05, 4.69) is 41.8 Å². The molecule has 112 valence electrons. The van der Waals surface area contributed by atoms with Crippen LogP contribution in [0, 0.1) is 0 Å². The van der Waals surface area contributed by atoms with Gasteiger partial charge in [-0.05, 0) is 40.2 Å². The van der Waals surface area contributed by atoms with Crippen LogP contribution >= 0.6 is 27.5 Å². The van der Waals surface area contributed by atoms with Gasteiger partial charge in [0.2, 0.25) is 0 Å². The van der Waals surface area contributed by atoms with Crippen LogP contribution < -0.4 is 0 Å². The summed E-state index contributed by atoms with van der Waals surface area (Å²) in [5.74, 6) is -0.472. The number of methoxy groups -OCH3 is 1. The summed E-state index contributed by atoms with van der Waals surface area (Å²) in [4.78, 5) is 11.9. The molecule has 0 saturated carbocycles. The van der Waals surface area contributed by atoms with Gasteiger partial charge < -0.3 is 4.74 Å². The van der Waals surface area contributed by atoms with Crippen LogP contribution in [0.15, 0.2) is 28.7 Å². The van der Waals surface area contributed by atoms with Crippen LogP contribution in [-0.4, -0.2) is 22.9 Å². The molecular weight excluding hydrogens is 356 g/mol. The number of benzene rings is 1. The average molecular weight is 372 g/mol. The van der Waals surface area contributed by atoms with Gasteiger partial charge in [-0.15, -0.1) is 0 Å². The van der Waals surface area contributed by atoms with Gasteiger partial charge in [0.25, 0.3) is 0 Å². The molecule has 0 aliphatic carbocycles. The van der Waals surface area contributed by atoms with E-state index in [0.717, 1.165) is 11.4 Å². The van der Waals surface area contributed by atoms with Crippen molar-refractivity contribution in [3.63, 3.8) is 0 Å².